The van der Waals surface area contributed by atoms with Gasteiger partial charge in [0, 0.05) is 30.8 Å². The molecule has 3 aliphatic rings. The van der Waals surface area contributed by atoms with E-state index < -0.39 is 11.6 Å². The van der Waals surface area contributed by atoms with Crippen LogP contribution in [0, 0.1) is 17.6 Å². The van der Waals surface area contributed by atoms with E-state index in [-0.39, 0.29) is 29.3 Å². The third-order valence-corrected chi connectivity index (χ3v) is 8.68. The van der Waals surface area contributed by atoms with Crippen LogP contribution in [0.4, 0.5) is 14.6 Å². The third-order valence-electron chi connectivity index (χ3n) is 8.68. The van der Waals surface area contributed by atoms with Crippen LogP contribution in [0.3, 0.4) is 0 Å². The van der Waals surface area contributed by atoms with Gasteiger partial charge in [0.1, 0.15) is 35.3 Å². The number of rotatable bonds is 6. The minimum Gasteiger partial charge on any atom is -0.492 e. The monoisotopic (exact) mass is 576 g/mol. The summed E-state index contributed by atoms with van der Waals surface area (Å²) in [6.07, 6.45) is 7.28. The molecule has 2 heterocycles. The number of fused-ring (bicyclic) bond motifs is 1. The summed E-state index contributed by atoms with van der Waals surface area (Å²) in [5, 5.41) is 2.91. The topological polar surface area (TPSA) is 74.8 Å². The fourth-order valence-corrected chi connectivity index (χ4v) is 6.43. The first-order chi connectivity index (χ1) is 20.2. The second-order valence-corrected chi connectivity index (χ2v) is 11.5. The van der Waals surface area contributed by atoms with Gasteiger partial charge < -0.3 is 15.0 Å². The van der Waals surface area contributed by atoms with E-state index in [0.29, 0.717) is 25.4 Å². The number of hydrogen-bond acceptors (Lipinski definition) is 5. The highest BCUT2D eigenvalue weighted by Crippen LogP contribution is 2.39. The van der Waals surface area contributed by atoms with Crippen molar-refractivity contribution in [2.75, 3.05) is 32.1 Å². The van der Waals surface area contributed by atoms with Crippen LogP contribution in [0.5, 0.6) is 5.75 Å². The lowest BCUT2D eigenvalue weighted by Gasteiger charge is -2.49. The molecule has 1 saturated carbocycles. The average Bonchev–Trinajstić information content (AvgIpc) is 3.63. The number of aromatic nitrogens is 1. The summed E-state index contributed by atoms with van der Waals surface area (Å²) in [7, 11) is 2.10. The Bertz CT molecular complexity index is 1380. The second kappa shape index (κ2) is 13.0. The summed E-state index contributed by atoms with van der Waals surface area (Å²) in [4.78, 5) is 34.6. The Balaban J connectivity index is 0.000000382. The molecule has 1 spiro atoms. The molecule has 2 atom stereocenters. The normalized spacial score (nSPS) is 21.0. The number of halogens is 2. The SMILES string of the molecule is CC1CN(C)C2(CCCC2)C(=O)N1CCOc1ccc2c(c1)CC(C(=O)Nc1ccccn1)C2.Fc1cccc(F)c1. The van der Waals surface area contributed by atoms with Crippen molar-refractivity contribution in [3.05, 3.63) is 89.6 Å². The number of nitrogens with one attached hydrogen (secondary N) is 1. The van der Waals surface area contributed by atoms with Crippen molar-refractivity contribution in [3.8, 4) is 5.75 Å². The number of pyridine rings is 1. The van der Waals surface area contributed by atoms with E-state index in [0.717, 1.165) is 56.0 Å². The Morgan fingerprint density at radius 1 is 1.02 bits per heavy atom. The Morgan fingerprint density at radius 2 is 1.76 bits per heavy atom. The molecule has 1 aromatic heterocycles. The van der Waals surface area contributed by atoms with Crippen molar-refractivity contribution in [2.24, 2.45) is 5.92 Å². The first-order valence-electron chi connectivity index (χ1n) is 14.6. The highest BCUT2D eigenvalue weighted by molar-refractivity contribution is 5.92. The zero-order valence-corrected chi connectivity index (χ0v) is 24.2. The smallest absolute Gasteiger partial charge is 0.243 e. The number of benzene rings is 2. The van der Waals surface area contributed by atoms with Crippen LogP contribution in [-0.4, -0.2) is 64.9 Å². The molecule has 2 unspecified atom stereocenters. The van der Waals surface area contributed by atoms with Gasteiger partial charge in [-0.15, -0.1) is 0 Å². The van der Waals surface area contributed by atoms with Crippen molar-refractivity contribution in [1.82, 2.24) is 14.8 Å². The second-order valence-electron chi connectivity index (χ2n) is 11.5. The zero-order valence-electron chi connectivity index (χ0n) is 24.2. The maximum Gasteiger partial charge on any atom is 0.243 e. The van der Waals surface area contributed by atoms with E-state index >= 15 is 0 Å². The van der Waals surface area contributed by atoms with Crippen LogP contribution >= 0.6 is 0 Å². The van der Waals surface area contributed by atoms with Crippen LogP contribution in [-0.2, 0) is 22.4 Å². The van der Waals surface area contributed by atoms with Crippen molar-refractivity contribution in [3.63, 3.8) is 0 Å². The Kier molecular flexibility index (Phi) is 9.16. The van der Waals surface area contributed by atoms with Gasteiger partial charge in [0.05, 0.1) is 6.54 Å². The molecular weight excluding hydrogens is 538 g/mol. The summed E-state index contributed by atoms with van der Waals surface area (Å²) in [6, 6.07) is 16.3. The predicted molar refractivity (Wildman–Crippen MR) is 157 cm³/mol. The molecular formula is C33H38F2N4O3. The third kappa shape index (κ3) is 6.62. The fourth-order valence-electron chi connectivity index (χ4n) is 6.43. The molecule has 1 N–H and O–H groups in total. The van der Waals surface area contributed by atoms with Crippen molar-refractivity contribution < 1.29 is 23.1 Å². The lowest BCUT2D eigenvalue weighted by molar-refractivity contribution is -0.154. The molecule has 42 heavy (non-hydrogen) atoms. The van der Waals surface area contributed by atoms with Gasteiger partial charge in [-0.2, -0.15) is 0 Å². The minimum absolute atomic E-state index is 0.000719. The summed E-state index contributed by atoms with van der Waals surface area (Å²) in [6.45, 7) is 4.11. The number of carbonyl (C=O) groups excluding carboxylic acids is 2. The van der Waals surface area contributed by atoms with E-state index in [1.54, 1.807) is 12.3 Å². The first-order valence-corrected chi connectivity index (χ1v) is 14.6. The van der Waals surface area contributed by atoms with Gasteiger partial charge in [-0.25, -0.2) is 13.8 Å². The van der Waals surface area contributed by atoms with E-state index in [1.165, 1.54) is 23.8 Å². The average molecular weight is 577 g/mol. The summed E-state index contributed by atoms with van der Waals surface area (Å²) >= 11 is 0. The number of piperazine rings is 1. The fraction of sp³-hybridized carbons (Fsp3) is 0.424. The standard InChI is InChI=1S/C27H34N4O3.C6H4F2/c1-19-18-30(2)27(10-4-5-11-27)26(33)31(19)13-14-34-23-9-8-20-15-22(16-21(20)17-23)25(32)29-24-7-3-6-12-28-24;7-5-2-1-3-6(8)4-5/h3,6-9,12,17,19,22H,4-5,10-11,13-16,18H2,1-2H3,(H,28,29,32);1-4H. The Hall–Kier alpha value is -3.85. The lowest BCUT2D eigenvalue weighted by Crippen LogP contribution is -2.66. The molecule has 2 amide bonds. The summed E-state index contributed by atoms with van der Waals surface area (Å²) < 4.78 is 29.9. The minimum atomic E-state index is -0.537. The highest BCUT2D eigenvalue weighted by Gasteiger charge is 2.50. The molecule has 1 aliphatic heterocycles. The van der Waals surface area contributed by atoms with E-state index in [1.807, 2.05) is 23.1 Å². The molecule has 9 heteroatoms. The number of anilines is 1. The maximum atomic E-state index is 13.4. The predicted octanol–water partition coefficient (Wildman–Crippen LogP) is 5.25. The molecule has 3 aromatic rings. The maximum absolute atomic E-state index is 13.4. The van der Waals surface area contributed by atoms with Gasteiger partial charge in [0.2, 0.25) is 11.8 Å². The zero-order chi connectivity index (χ0) is 29.7. The van der Waals surface area contributed by atoms with Gasteiger partial charge in [-0.1, -0.05) is 31.0 Å². The van der Waals surface area contributed by atoms with Gasteiger partial charge in [-0.05, 0) is 87.2 Å². The van der Waals surface area contributed by atoms with Crippen molar-refractivity contribution in [2.45, 2.75) is 57.0 Å². The van der Waals surface area contributed by atoms with E-state index in [4.69, 9.17) is 4.74 Å². The molecule has 7 nitrogen and oxygen atoms in total. The van der Waals surface area contributed by atoms with Crippen LogP contribution in [0.1, 0.15) is 43.7 Å². The molecule has 2 fully saturated rings. The van der Waals surface area contributed by atoms with Crippen LogP contribution in [0.25, 0.3) is 0 Å². The Morgan fingerprint density at radius 3 is 2.43 bits per heavy atom. The van der Waals surface area contributed by atoms with E-state index in [9.17, 15) is 18.4 Å². The number of amides is 2. The first kappa shape index (κ1) is 29.6. The lowest BCUT2D eigenvalue weighted by atomic mass is 9.89. The molecule has 0 radical (unpaired) electrons. The summed E-state index contributed by atoms with van der Waals surface area (Å²) in [5.74, 6) is 0.480. The number of ether oxygens (including phenoxy) is 1. The number of carbonyl (C=O) groups is 2. The van der Waals surface area contributed by atoms with Gasteiger partial charge in [0.25, 0.3) is 0 Å². The molecule has 0 bridgehead atoms. The molecule has 222 valence electrons. The van der Waals surface area contributed by atoms with Crippen LogP contribution in [0.15, 0.2) is 66.9 Å². The molecule has 6 rings (SSSR count). The van der Waals surface area contributed by atoms with Gasteiger partial charge in [-0.3, -0.25) is 14.5 Å². The van der Waals surface area contributed by atoms with Crippen LogP contribution in [0.2, 0.25) is 0 Å². The quantitative estimate of drug-likeness (QED) is 0.434. The van der Waals surface area contributed by atoms with Crippen molar-refractivity contribution >= 4 is 17.6 Å². The molecule has 2 aromatic carbocycles. The molecule has 1 saturated heterocycles. The summed E-state index contributed by atoms with van der Waals surface area (Å²) in [5.41, 5.74) is 2.05. The number of likely N-dealkylation sites (N-methyl/N-ethyl adjacent to an activating group) is 1. The number of nitrogens with zero attached hydrogens (tertiary/aromatic N) is 3. The number of hydrogen-bond donors (Lipinski definition) is 1. The largest absolute Gasteiger partial charge is 0.492 e. The molecule has 2 aliphatic carbocycles. The van der Waals surface area contributed by atoms with Gasteiger partial charge in [0.15, 0.2) is 0 Å². The van der Waals surface area contributed by atoms with Crippen LogP contribution < -0.4 is 10.1 Å². The van der Waals surface area contributed by atoms with Crippen molar-refractivity contribution in [1.29, 1.82) is 0 Å². The van der Waals surface area contributed by atoms with Gasteiger partial charge >= 0.3 is 0 Å². The van der Waals surface area contributed by atoms with E-state index in [2.05, 4.69) is 41.3 Å². The highest BCUT2D eigenvalue weighted by atomic mass is 19.1. The Labute approximate surface area is 245 Å².